The van der Waals surface area contributed by atoms with Gasteiger partial charge >= 0.3 is 5.97 Å². The minimum Gasteiger partial charge on any atom is -0.480 e. The molecule has 6 heteroatoms. The summed E-state index contributed by atoms with van der Waals surface area (Å²) < 4.78 is 12.8. The maximum atomic E-state index is 11.8. The van der Waals surface area contributed by atoms with Crippen LogP contribution in [0.15, 0.2) is 48.7 Å². The van der Waals surface area contributed by atoms with Gasteiger partial charge in [-0.2, -0.15) is 0 Å². The van der Waals surface area contributed by atoms with E-state index in [0.29, 0.717) is 10.8 Å². The Labute approximate surface area is 156 Å². The van der Waals surface area contributed by atoms with Crippen LogP contribution in [0.2, 0.25) is 5.02 Å². The maximum absolute atomic E-state index is 11.8. The topological polar surface area (TPSA) is 53.4 Å². The lowest BCUT2D eigenvalue weighted by molar-refractivity contribution is -0.142. The Morgan fingerprint density at radius 3 is 2.77 bits per heavy atom. The number of imidazole rings is 1. The number of nitrogens with zero attached hydrogens (tertiary/aromatic N) is 2. The fraction of sp³-hybridized carbons (Fsp3) is 0.200. The Balaban J connectivity index is 1.83. The number of aromatic nitrogens is 2. The molecule has 3 aromatic rings. The molecule has 0 fully saturated rings. The molecule has 0 spiro atoms. The molecule has 1 unspecified atom stereocenters. The summed E-state index contributed by atoms with van der Waals surface area (Å²) in [6.45, 7) is 2.03. The summed E-state index contributed by atoms with van der Waals surface area (Å²) in [5.41, 5.74) is 3.77. The number of hydrogen-bond acceptors (Lipinski definition) is 4. The van der Waals surface area contributed by atoms with E-state index in [9.17, 15) is 4.79 Å². The number of rotatable bonds is 3. The lowest BCUT2D eigenvalue weighted by Crippen LogP contribution is -2.22. The zero-order valence-corrected chi connectivity index (χ0v) is 15.2. The third kappa shape index (κ3) is 2.95. The van der Waals surface area contributed by atoms with Crippen LogP contribution >= 0.6 is 11.6 Å². The molecular formula is C20H17ClN2O3. The molecule has 0 saturated carbocycles. The number of hydrogen-bond donors (Lipinski definition) is 0. The molecule has 2 heterocycles. The van der Waals surface area contributed by atoms with E-state index in [2.05, 4.69) is 0 Å². The third-order valence-electron chi connectivity index (χ3n) is 4.38. The molecule has 1 aliphatic rings. The van der Waals surface area contributed by atoms with E-state index in [-0.39, 0.29) is 12.4 Å². The molecule has 4 rings (SSSR count). The summed E-state index contributed by atoms with van der Waals surface area (Å²) in [6, 6.07) is 13.4. The van der Waals surface area contributed by atoms with Gasteiger partial charge in [0.2, 0.25) is 0 Å². The molecule has 26 heavy (non-hydrogen) atoms. The van der Waals surface area contributed by atoms with Crippen molar-refractivity contribution in [2.24, 2.45) is 0 Å². The van der Waals surface area contributed by atoms with E-state index in [1.807, 2.05) is 60.2 Å². The van der Waals surface area contributed by atoms with Crippen molar-refractivity contribution in [1.82, 2.24) is 9.55 Å². The Hall–Kier alpha value is -2.79. The monoisotopic (exact) mass is 368 g/mol. The van der Waals surface area contributed by atoms with E-state index in [0.717, 1.165) is 28.3 Å². The second-order valence-corrected chi connectivity index (χ2v) is 6.66. The Bertz CT molecular complexity index is 979. The predicted molar refractivity (Wildman–Crippen MR) is 98.7 cm³/mol. The van der Waals surface area contributed by atoms with E-state index in [4.69, 9.17) is 26.1 Å². The van der Waals surface area contributed by atoms with Crippen LogP contribution in [0.4, 0.5) is 0 Å². The predicted octanol–water partition coefficient (Wildman–Crippen LogP) is 4.50. The first-order valence-corrected chi connectivity index (χ1v) is 8.62. The summed E-state index contributed by atoms with van der Waals surface area (Å²) in [7, 11) is 1.37. The number of ether oxygens (including phenoxy) is 2. The molecule has 132 valence electrons. The number of esters is 1. The van der Waals surface area contributed by atoms with Crippen molar-refractivity contribution in [1.29, 1.82) is 0 Å². The molecular weight excluding hydrogens is 352 g/mol. The van der Waals surface area contributed by atoms with Crippen molar-refractivity contribution in [3.8, 4) is 22.7 Å². The first-order valence-electron chi connectivity index (χ1n) is 8.25. The quantitative estimate of drug-likeness (QED) is 0.639. The van der Waals surface area contributed by atoms with Crippen LogP contribution in [0.5, 0.6) is 5.75 Å². The number of carbonyl (C=O) groups is 1. The van der Waals surface area contributed by atoms with Crippen molar-refractivity contribution in [3.63, 3.8) is 0 Å². The molecule has 5 nitrogen and oxygen atoms in total. The fourth-order valence-electron chi connectivity index (χ4n) is 3.06. The average Bonchev–Trinajstić information content (AvgIpc) is 3.08. The first-order chi connectivity index (χ1) is 12.5. The van der Waals surface area contributed by atoms with Gasteiger partial charge in [0.15, 0.2) is 11.9 Å². The minimum absolute atomic E-state index is 0.0981. The number of aryl methyl sites for hydroxylation is 1. The van der Waals surface area contributed by atoms with Crippen LogP contribution in [-0.2, 0) is 9.53 Å². The van der Waals surface area contributed by atoms with Gasteiger partial charge in [-0.15, -0.1) is 0 Å². The van der Waals surface area contributed by atoms with Gasteiger partial charge in [-0.1, -0.05) is 29.8 Å². The maximum Gasteiger partial charge on any atom is 0.309 e. The largest absolute Gasteiger partial charge is 0.480 e. The van der Waals surface area contributed by atoms with Crippen molar-refractivity contribution < 1.29 is 14.3 Å². The van der Waals surface area contributed by atoms with Crippen LogP contribution in [0.3, 0.4) is 0 Å². The van der Waals surface area contributed by atoms with Gasteiger partial charge in [0, 0.05) is 16.8 Å². The zero-order valence-electron chi connectivity index (χ0n) is 14.4. The van der Waals surface area contributed by atoms with Gasteiger partial charge in [0.25, 0.3) is 0 Å². The normalized spacial score (nSPS) is 15.0. The molecule has 1 aliphatic heterocycles. The Kier molecular flexibility index (Phi) is 4.17. The van der Waals surface area contributed by atoms with Gasteiger partial charge in [0.1, 0.15) is 5.75 Å². The number of halogens is 1. The van der Waals surface area contributed by atoms with Crippen molar-refractivity contribution in [2.45, 2.75) is 19.4 Å². The number of carbonyl (C=O) groups excluding carboxylic acids is 1. The molecule has 2 aromatic carbocycles. The zero-order chi connectivity index (χ0) is 18.3. The second kappa shape index (κ2) is 6.50. The Morgan fingerprint density at radius 1 is 1.27 bits per heavy atom. The Morgan fingerprint density at radius 2 is 2.04 bits per heavy atom. The minimum atomic E-state index is -0.501. The second-order valence-electron chi connectivity index (χ2n) is 6.22. The summed E-state index contributed by atoms with van der Waals surface area (Å²) in [5.74, 6) is 1.06. The van der Waals surface area contributed by atoms with Crippen LogP contribution in [0, 0.1) is 6.92 Å². The SMILES string of the molecule is COC(=O)CC1Oc2ccc(C)cc2-n2cc(-c3ccc(Cl)cc3)nc21. The lowest BCUT2D eigenvalue weighted by atomic mass is 10.1. The summed E-state index contributed by atoms with van der Waals surface area (Å²) in [6.07, 6.45) is 1.56. The highest BCUT2D eigenvalue weighted by Crippen LogP contribution is 2.38. The highest BCUT2D eigenvalue weighted by molar-refractivity contribution is 6.30. The molecule has 1 atom stereocenters. The summed E-state index contributed by atoms with van der Waals surface area (Å²) >= 11 is 5.98. The molecule has 0 N–H and O–H groups in total. The number of fused-ring (bicyclic) bond motifs is 3. The standard InChI is InChI=1S/C20H17ClN2O3/c1-12-3-8-17-16(9-12)23-11-15(13-4-6-14(21)7-5-13)22-20(23)18(26-17)10-19(24)25-2/h3-9,11,18H,10H2,1-2H3. The highest BCUT2D eigenvalue weighted by atomic mass is 35.5. The van der Waals surface area contributed by atoms with Crippen molar-refractivity contribution in [3.05, 3.63) is 65.1 Å². The smallest absolute Gasteiger partial charge is 0.309 e. The molecule has 0 saturated heterocycles. The fourth-order valence-corrected chi connectivity index (χ4v) is 3.19. The number of benzene rings is 2. The van der Waals surface area contributed by atoms with Gasteiger partial charge in [-0.3, -0.25) is 9.36 Å². The van der Waals surface area contributed by atoms with Gasteiger partial charge in [-0.25, -0.2) is 4.98 Å². The lowest BCUT2D eigenvalue weighted by Gasteiger charge is -2.26. The van der Waals surface area contributed by atoms with Gasteiger partial charge in [-0.05, 0) is 36.8 Å². The van der Waals surface area contributed by atoms with E-state index < -0.39 is 6.10 Å². The molecule has 0 aliphatic carbocycles. The van der Waals surface area contributed by atoms with Crippen LogP contribution in [-0.4, -0.2) is 22.6 Å². The summed E-state index contributed by atoms with van der Waals surface area (Å²) in [5, 5.41) is 0.672. The number of methoxy groups -OCH3 is 1. The molecule has 0 bridgehead atoms. The van der Waals surface area contributed by atoms with Gasteiger partial charge in [0.05, 0.1) is 24.9 Å². The van der Waals surface area contributed by atoms with Crippen molar-refractivity contribution >= 4 is 17.6 Å². The van der Waals surface area contributed by atoms with Crippen molar-refractivity contribution in [2.75, 3.05) is 7.11 Å². The first kappa shape index (κ1) is 16.7. The van der Waals surface area contributed by atoms with E-state index in [1.54, 1.807) is 0 Å². The van der Waals surface area contributed by atoms with E-state index >= 15 is 0 Å². The average molecular weight is 369 g/mol. The summed E-state index contributed by atoms with van der Waals surface area (Å²) in [4.78, 5) is 16.6. The van der Waals surface area contributed by atoms with Crippen LogP contribution in [0.1, 0.15) is 23.9 Å². The van der Waals surface area contributed by atoms with Gasteiger partial charge < -0.3 is 9.47 Å². The molecule has 1 aromatic heterocycles. The molecule has 0 radical (unpaired) electrons. The molecule has 0 amide bonds. The van der Waals surface area contributed by atoms with Crippen LogP contribution in [0.25, 0.3) is 16.9 Å². The van der Waals surface area contributed by atoms with E-state index in [1.165, 1.54) is 7.11 Å². The highest BCUT2D eigenvalue weighted by Gasteiger charge is 2.31. The third-order valence-corrected chi connectivity index (χ3v) is 4.64. The van der Waals surface area contributed by atoms with Crippen LogP contribution < -0.4 is 4.74 Å².